The molecule has 1 aromatic carbocycles. The number of hydrogen-bond acceptors (Lipinski definition) is 6. The highest BCUT2D eigenvalue weighted by molar-refractivity contribution is 5.97. The molecule has 0 aliphatic heterocycles. The highest BCUT2D eigenvalue weighted by atomic mass is 16.6. The number of aryl methyl sites for hydroxylation is 1. The van der Waals surface area contributed by atoms with Crippen LogP contribution in [0.2, 0.25) is 0 Å². The number of carbonyl (C=O) groups excluding carboxylic acids is 3. The minimum Gasteiger partial charge on any atom is -0.467 e. The van der Waals surface area contributed by atoms with E-state index < -0.39 is 22.6 Å². The zero-order valence-corrected chi connectivity index (χ0v) is 14.5. The largest absolute Gasteiger partial charge is 0.467 e. The lowest BCUT2D eigenvalue weighted by molar-refractivity contribution is -0.385. The summed E-state index contributed by atoms with van der Waals surface area (Å²) in [7, 11) is 0. The molecule has 142 valence electrons. The van der Waals surface area contributed by atoms with Crippen LogP contribution in [0.1, 0.15) is 21.7 Å². The normalized spacial score (nSPS) is 10.1. The van der Waals surface area contributed by atoms with Gasteiger partial charge in [-0.2, -0.15) is 0 Å². The number of amides is 3. The molecule has 0 saturated heterocycles. The Labute approximate surface area is 154 Å². The van der Waals surface area contributed by atoms with Crippen molar-refractivity contribution in [2.75, 3.05) is 13.1 Å². The number of benzene rings is 1. The number of nitro groups is 1. The molecule has 0 atom stereocenters. The van der Waals surface area contributed by atoms with Crippen LogP contribution in [0.25, 0.3) is 0 Å². The topological polar surface area (TPSA) is 144 Å². The zero-order valence-electron chi connectivity index (χ0n) is 14.5. The van der Waals surface area contributed by atoms with Crippen molar-refractivity contribution in [3.8, 4) is 0 Å². The van der Waals surface area contributed by atoms with Crippen LogP contribution in [0.15, 0.2) is 41.0 Å². The van der Waals surface area contributed by atoms with Crippen LogP contribution in [0.5, 0.6) is 0 Å². The van der Waals surface area contributed by atoms with E-state index in [-0.39, 0.29) is 30.9 Å². The number of nitrogens with one attached hydrogen (secondary N) is 3. The van der Waals surface area contributed by atoms with Crippen LogP contribution in [0.4, 0.5) is 5.69 Å². The van der Waals surface area contributed by atoms with Gasteiger partial charge in [-0.05, 0) is 25.1 Å². The third-order valence-electron chi connectivity index (χ3n) is 3.56. The van der Waals surface area contributed by atoms with Crippen molar-refractivity contribution >= 4 is 23.4 Å². The summed E-state index contributed by atoms with van der Waals surface area (Å²) in [5.41, 5.74) is 0.312. The van der Waals surface area contributed by atoms with Crippen LogP contribution in [0, 0.1) is 17.0 Å². The van der Waals surface area contributed by atoms with Gasteiger partial charge in [0.1, 0.15) is 5.76 Å². The fourth-order valence-corrected chi connectivity index (χ4v) is 2.11. The first kappa shape index (κ1) is 19.6. The molecule has 10 heteroatoms. The van der Waals surface area contributed by atoms with Gasteiger partial charge in [-0.15, -0.1) is 0 Å². The maximum absolute atomic E-state index is 12.0. The number of carbonyl (C=O) groups is 3. The Bertz CT molecular complexity index is 847. The molecule has 3 N–H and O–H groups in total. The maximum atomic E-state index is 12.0. The van der Waals surface area contributed by atoms with E-state index in [0.717, 1.165) is 6.07 Å². The van der Waals surface area contributed by atoms with Crippen LogP contribution < -0.4 is 16.0 Å². The first-order valence-electron chi connectivity index (χ1n) is 7.96. The summed E-state index contributed by atoms with van der Waals surface area (Å²) in [4.78, 5) is 45.7. The van der Waals surface area contributed by atoms with Gasteiger partial charge in [0.15, 0.2) is 0 Å². The predicted molar refractivity (Wildman–Crippen MR) is 93.7 cm³/mol. The van der Waals surface area contributed by atoms with E-state index in [1.54, 1.807) is 19.1 Å². The molecular weight excluding hydrogens is 356 g/mol. The molecule has 0 saturated carbocycles. The highest BCUT2D eigenvalue weighted by Gasteiger charge is 2.15. The lowest BCUT2D eigenvalue weighted by Crippen LogP contribution is -2.41. The van der Waals surface area contributed by atoms with Gasteiger partial charge in [-0.1, -0.05) is 6.07 Å². The minimum atomic E-state index is -0.629. The van der Waals surface area contributed by atoms with Crippen LogP contribution >= 0.6 is 0 Å². The summed E-state index contributed by atoms with van der Waals surface area (Å²) in [6, 6.07) is 7.41. The van der Waals surface area contributed by atoms with Gasteiger partial charge in [0, 0.05) is 17.2 Å². The molecule has 10 nitrogen and oxygen atoms in total. The van der Waals surface area contributed by atoms with E-state index in [1.807, 2.05) is 0 Å². The van der Waals surface area contributed by atoms with E-state index in [0.29, 0.717) is 11.3 Å². The average Bonchev–Trinajstić information content (AvgIpc) is 3.16. The molecule has 2 rings (SSSR count). The van der Waals surface area contributed by atoms with Gasteiger partial charge in [0.05, 0.1) is 30.8 Å². The minimum absolute atomic E-state index is 0.0660. The molecule has 0 bridgehead atoms. The van der Waals surface area contributed by atoms with E-state index in [2.05, 4.69) is 16.0 Å². The van der Waals surface area contributed by atoms with Gasteiger partial charge < -0.3 is 20.4 Å². The van der Waals surface area contributed by atoms with Crippen molar-refractivity contribution in [3.05, 3.63) is 63.6 Å². The summed E-state index contributed by atoms with van der Waals surface area (Å²) in [5, 5.41) is 18.2. The molecule has 0 spiro atoms. The van der Waals surface area contributed by atoms with Crippen LogP contribution in [0.3, 0.4) is 0 Å². The Morgan fingerprint density at radius 1 is 1.07 bits per heavy atom. The summed E-state index contributed by atoms with van der Waals surface area (Å²) in [6.45, 7) is 1.13. The van der Waals surface area contributed by atoms with Crippen LogP contribution in [-0.4, -0.2) is 35.7 Å². The molecule has 2 aromatic rings. The summed E-state index contributed by atoms with van der Waals surface area (Å²) in [5.74, 6) is -1.04. The SMILES string of the molecule is Cc1ccc(C(=O)NCC(=O)NCC(=O)NCc2ccco2)cc1[N+](=O)[O-]. The smallest absolute Gasteiger partial charge is 0.273 e. The number of rotatable bonds is 8. The van der Waals surface area contributed by atoms with E-state index in [1.165, 1.54) is 18.4 Å². The highest BCUT2D eigenvalue weighted by Crippen LogP contribution is 2.19. The number of hydrogen-bond donors (Lipinski definition) is 3. The zero-order chi connectivity index (χ0) is 19.8. The fraction of sp³-hybridized carbons (Fsp3) is 0.235. The molecule has 0 fully saturated rings. The molecule has 0 radical (unpaired) electrons. The lowest BCUT2D eigenvalue weighted by Gasteiger charge is -2.08. The third kappa shape index (κ3) is 5.96. The van der Waals surface area contributed by atoms with Crippen LogP contribution in [-0.2, 0) is 16.1 Å². The van der Waals surface area contributed by atoms with E-state index in [4.69, 9.17) is 4.42 Å². The number of furan rings is 1. The predicted octanol–water partition coefficient (Wildman–Crippen LogP) is 0.659. The second-order valence-electron chi connectivity index (χ2n) is 5.57. The fourth-order valence-electron chi connectivity index (χ4n) is 2.11. The van der Waals surface area contributed by atoms with Gasteiger partial charge in [0.2, 0.25) is 11.8 Å². The van der Waals surface area contributed by atoms with Gasteiger partial charge in [-0.3, -0.25) is 24.5 Å². The third-order valence-corrected chi connectivity index (χ3v) is 3.56. The molecule has 0 aliphatic carbocycles. The Hall–Kier alpha value is -3.69. The van der Waals surface area contributed by atoms with Gasteiger partial charge >= 0.3 is 0 Å². The van der Waals surface area contributed by atoms with Crippen molar-refractivity contribution < 1.29 is 23.7 Å². The molecular formula is C17H18N4O6. The molecule has 3 amide bonds. The van der Waals surface area contributed by atoms with Gasteiger partial charge in [0.25, 0.3) is 11.6 Å². The molecule has 1 heterocycles. The van der Waals surface area contributed by atoms with Crippen molar-refractivity contribution in [1.29, 1.82) is 0 Å². The lowest BCUT2D eigenvalue weighted by atomic mass is 10.1. The first-order valence-corrected chi connectivity index (χ1v) is 7.96. The molecule has 27 heavy (non-hydrogen) atoms. The van der Waals surface area contributed by atoms with Gasteiger partial charge in [-0.25, -0.2) is 0 Å². The monoisotopic (exact) mass is 374 g/mol. The summed E-state index contributed by atoms with van der Waals surface area (Å²) < 4.78 is 5.06. The first-order chi connectivity index (χ1) is 12.9. The van der Waals surface area contributed by atoms with E-state index in [9.17, 15) is 24.5 Å². The Kier molecular flexibility index (Phi) is 6.64. The number of nitro benzene ring substituents is 1. The Morgan fingerprint density at radius 3 is 2.44 bits per heavy atom. The number of nitrogens with zero attached hydrogens (tertiary/aromatic N) is 1. The average molecular weight is 374 g/mol. The summed E-state index contributed by atoms with van der Waals surface area (Å²) in [6.07, 6.45) is 1.48. The second-order valence-corrected chi connectivity index (χ2v) is 5.57. The standard InChI is InChI=1S/C17H18N4O6/c1-11-4-5-12(7-14(11)21(25)26)17(24)20-10-16(23)19-9-15(22)18-8-13-3-2-6-27-13/h2-7H,8-10H2,1H3,(H,18,22)(H,19,23)(H,20,24). The quantitative estimate of drug-likeness (QED) is 0.457. The second kappa shape index (κ2) is 9.13. The maximum Gasteiger partial charge on any atom is 0.273 e. The Morgan fingerprint density at radius 2 is 1.78 bits per heavy atom. The molecule has 0 unspecified atom stereocenters. The van der Waals surface area contributed by atoms with E-state index >= 15 is 0 Å². The van der Waals surface area contributed by atoms with Crippen molar-refractivity contribution in [2.45, 2.75) is 13.5 Å². The van der Waals surface area contributed by atoms with Crippen molar-refractivity contribution in [1.82, 2.24) is 16.0 Å². The molecule has 1 aromatic heterocycles. The van der Waals surface area contributed by atoms with Crippen molar-refractivity contribution in [3.63, 3.8) is 0 Å². The van der Waals surface area contributed by atoms with Crippen molar-refractivity contribution in [2.24, 2.45) is 0 Å². The molecule has 0 aliphatic rings. The summed E-state index contributed by atoms with van der Waals surface area (Å²) >= 11 is 0. The Balaban J connectivity index is 1.74.